The van der Waals surface area contributed by atoms with E-state index >= 15 is 0 Å². The number of aromatic hydroxyl groups is 1. The molecule has 2 rings (SSSR count). The Balaban J connectivity index is 2.65. The molecule has 3 atom stereocenters. The summed E-state index contributed by atoms with van der Waals surface area (Å²) in [5.74, 6) is -3.61. The molecular formula is C34H46N4O8. The third-order valence-corrected chi connectivity index (χ3v) is 6.42. The van der Waals surface area contributed by atoms with Crippen LogP contribution in [0.1, 0.15) is 70.7 Å². The Bertz CT molecular complexity index is 1410. The van der Waals surface area contributed by atoms with Crippen LogP contribution in [0.4, 0.5) is 4.79 Å². The van der Waals surface area contributed by atoms with Crippen molar-refractivity contribution < 1.29 is 38.6 Å². The second-order valence-electron chi connectivity index (χ2n) is 12.8. The summed E-state index contributed by atoms with van der Waals surface area (Å²) in [6.07, 6.45) is -0.199. The van der Waals surface area contributed by atoms with Crippen LogP contribution in [-0.2, 0) is 35.1 Å². The highest BCUT2D eigenvalue weighted by atomic mass is 16.6. The van der Waals surface area contributed by atoms with E-state index in [0.29, 0.717) is 5.56 Å². The Morgan fingerprint density at radius 3 is 2.07 bits per heavy atom. The third-order valence-electron chi connectivity index (χ3n) is 6.42. The molecule has 3 unspecified atom stereocenters. The van der Waals surface area contributed by atoms with Gasteiger partial charge in [0.05, 0.1) is 6.42 Å². The van der Waals surface area contributed by atoms with Gasteiger partial charge in [0.25, 0.3) is 0 Å². The van der Waals surface area contributed by atoms with Crippen molar-refractivity contribution in [3.05, 3.63) is 77.9 Å². The smallest absolute Gasteiger partial charge is 0.408 e. The number of primary amides is 1. The van der Waals surface area contributed by atoms with Crippen molar-refractivity contribution in [3.8, 4) is 5.75 Å². The van der Waals surface area contributed by atoms with E-state index in [9.17, 15) is 29.1 Å². The minimum atomic E-state index is -1.55. The average molecular weight is 639 g/mol. The zero-order chi connectivity index (χ0) is 34.8. The molecule has 2 aromatic carbocycles. The standard InChI is InChI=1S/C34H46N4O8/c1-9-18-38(30(42)24(20-26(35)39)37-32(44)46-34(6,7)8)27(23-17-13-14-21(2)28(23)40)29(41)36-25(31(43)45-33(3,4)5)19-22-15-11-10-12-16-22/h9-17,24-25,27,40H,1,18-20H2,2-8H3,(H2,35,39)(H,36,41)(H,37,44). The number of carbonyl (C=O) groups is 5. The lowest BCUT2D eigenvalue weighted by Gasteiger charge is -2.35. The number of para-hydroxylation sites is 1. The number of hydrogen-bond acceptors (Lipinski definition) is 8. The maximum Gasteiger partial charge on any atom is 0.408 e. The molecule has 12 nitrogen and oxygen atoms in total. The van der Waals surface area contributed by atoms with Crippen molar-refractivity contribution in [2.75, 3.05) is 6.54 Å². The van der Waals surface area contributed by atoms with Crippen molar-refractivity contribution >= 4 is 29.8 Å². The zero-order valence-corrected chi connectivity index (χ0v) is 27.6. The molecule has 0 aliphatic heterocycles. The van der Waals surface area contributed by atoms with Crippen LogP contribution in [0, 0.1) is 6.92 Å². The van der Waals surface area contributed by atoms with Crippen LogP contribution < -0.4 is 16.4 Å². The summed E-state index contributed by atoms with van der Waals surface area (Å²) >= 11 is 0. The Morgan fingerprint density at radius 2 is 1.52 bits per heavy atom. The van der Waals surface area contributed by atoms with Crippen LogP contribution in [0.5, 0.6) is 5.75 Å². The molecule has 0 aliphatic rings. The average Bonchev–Trinajstić information content (AvgIpc) is 2.92. The first kappa shape index (κ1) is 37.3. The highest BCUT2D eigenvalue weighted by Crippen LogP contribution is 2.32. The van der Waals surface area contributed by atoms with Crippen LogP contribution in [-0.4, -0.2) is 69.6 Å². The van der Waals surface area contributed by atoms with E-state index in [1.54, 1.807) is 84.9 Å². The molecule has 0 saturated heterocycles. The Labute approximate surface area is 270 Å². The van der Waals surface area contributed by atoms with Crippen LogP contribution in [0.3, 0.4) is 0 Å². The molecule has 0 spiro atoms. The van der Waals surface area contributed by atoms with E-state index in [1.165, 1.54) is 12.1 Å². The quantitative estimate of drug-likeness (QED) is 0.190. The van der Waals surface area contributed by atoms with Crippen molar-refractivity contribution in [1.29, 1.82) is 0 Å². The van der Waals surface area contributed by atoms with Crippen LogP contribution in [0.25, 0.3) is 0 Å². The number of esters is 1. The maximum absolute atomic E-state index is 14.3. The summed E-state index contributed by atoms with van der Waals surface area (Å²) in [7, 11) is 0. The minimum Gasteiger partial charge on any atom is -0.507 e. The number of aryl methyl sites for hydroxylation is 1. The number of phenolic OH excluding ortho intramolecular Hbond substituents is 1. The number of nitrogens with two attached hydrogens (primary N) is 1. The number of nitrogens with zero attached hydrogens (tertiary/aromatic N) is 1. The van der Waals surface area contributed by atoms with Gasteiger partial charge in [-0.1, -0.05) is 54.6 Å². The summed E-state index contributed by atoms with van der Waals surface area (Å²) in [5.41, 5.74) is 4.82. The number of amides is 4. The van der Waals surface area contributed by atoms with Gasteiger partial charge in [-0.3, -0.25) is 14.4 Å². The van der Waals surface area contributed by atoms with E-state index in [1.807, 2.05) is 6.07 Å². The van der Waals surface area contributed by atoms with Gasteiger partial charge in [-0.2, -0.15) is 0 Å². The minimum absolute atomic E-state index is 0.0328. The van der Waals surface area contributed by atoms with Gasteiger partial charge in [0.1, 0.15) is 35.1 Å². The van der Waals surface area contributed by atoms with Gasteiger partial charge >= 0.3 is 12.1 Å². The molecule has 0 radical (unpaired) electrons. The first-order valence-corrected chi connectivity index (χ1v) is 14.9. The molecule has 5 N–H and O–H groups in total. The topological polar surface area (TPSA) is 177 Å². The second-order valence-corrected chi connectivity index (χ2v) is 12.8. The fraction of sp³-hybridized carbons (Fsp3) is 0.441. The van der Waals surface area contributed by atoms with E-state index in [0.717, 1.165) is 10.5 Å². The van der Waals surface area contributed by atoms with Crippen LogP contribution in [0.2, 0.25) is 0 Å². The van der Waals surface area contributed by atoms with Gasteiger partial charge in [-0.15, -0.1) is 6.58 Å². The summed E-state index contributed by atoms with van der Waals surface area (Å²) in [6.45, 7) is 15.0. The van der Waals surface area contributed by atoms with Crippen LogP contribution in [0.15, 0.2) is 61.2 Å². The molecule has 0 heterocycles. The number of benzene rings is 2. The van der Waals surface area contributed by atoms with Gasteiger partial charge in [-0.05, 0) is 59.6 Å². The summed E-state index contributed by atoms with van der Waals surface area (Å²) in [5, 5.41) is 16.2. The maximum atomic E-state index is 14.3. The molecule has 0 aliphatic carbocycles. The summed E-state index contributed by atoms with van der Waals surface area (Å²) in [4.78, 5) is 67.5. The number of alkyl carbamates (subject to hydrolysis) is 1. The van der Waals surface area contributed by atoms with Crippen LogP contribution >= 0.6 is 0 Å². The van der Waals surface area contributed by atoms with E-state index in [-0.39, 0.29) is 24.3 Å². The van der Waals surface area contributed by atoms with E-state index < -0.39 is 65.5 Å². The second kappa shape index (κ2) is 15.9. The summed E-state index contributed by atoms with van der Waals surface area (Å²) in [6, 6.07) is 9.36. The SMILES string of the molecule is C=CCN(C(=O)C(CC(N)=O)NC(=O)OC(C)(C)C)C(C(=O)NC(Cc1ccccc1)C(=O)OC(C)(C)C)c1cccc(C)c1O. The lowest BCUT2D eigenvalue weighted by atomic mass is 9.98. The van der Waals surface area contributed by atoms with Gasteiger partial charge in [0, 0.05) is 18.5 Å². The van der Waals surface area contributed by atoms with Gasteiger partial charge in [0.15, 0.2) is 0 Å². The number of phenols is 1. The lowest BCUT2D eigenvalue weighted by Crippen LogP contribution is -2.55. The molecule has 0 aromatic heterocycles. The first-order valence-electron chi connectivity index (χ1n) is 14.9. The number of rotatable bonds is 13. The Kier molecular flexibility index (Phi) is 12.9. The third kappa shape index (κ3) is 11.6. The van der Waals surface area contributed by atoms with Gasteiger partial charge in [0.2, 0.25) is 17.7 Å². The predicted molar refractivity (Wildman–Crippen MR) is 172 cm³/mol. The first-order chi connectivity index (χ1) is 21.3. The summed E-state index contributed by atoms with van der Waals surface area (Å²) < 4.78 is 10.9. The molecule has 46 heavy (non-hydrogen) atoms. The normalized spacial score (nSPS) is 13.4. The lowest BCUT2D eigenvalue weighted by molar-refractivity contribution is -0.159. The van der Waals surface area contributed by atoms with Crippen molar-refractivity contribution in [1.82, 2.24) is 15.5 Å². The Morgan fingerprint density at radius 1 is 0.913 bits per heavy atom. The predicted octanol–water partition coefficient (Wildman–Crippen LogP) is 3.59. The number of hydrogen-bond donors (Lipinski definition) is 4. The van der Waals surface area contributed by atoms with Crippen molar-refractivity contribution in [2.45, 2.75) is 90.6 Å². The molecule has 4 amide bonds. The fourth-order valence-corrected chi connectivity index (χ4v) is 4.53. The monoisotopic (exact) mass is 638 g/mol. The highest BCUT2D eigenvalue weighted by molar-refractivity contribution is 5.96. The van der Waals surface area contributed by atoms with E-state index in [4.69, 9.17) is 15.2 Å². The van der Waals surface area contributed by atoms with Crippen molar-refractivity contribution in [3.63, 3.8) is 0 Å². The Hall–Kier alpha value is -4.87. The number of carbonyl (C=O) groups excluding carboxylic acids is 5. The number of nitrogens with one attached hydrogen (secondary N) is 2. The molecule has 2 aromatic rings. The molecule has 0 saturated carbocycles. The number of ether oxygens (including phenoxy) is 2. The van der Waals surface area contributed by atoms with Gasteiger partial charge in [-0.25, -0.2) is 9.59 Å². The molecule has 0 bridgehead atoms. The fourth-order valence-electron chi connectivity index (χ4n) is 4.53. The molecule has 250 valence electrons. The van der Waals surface area contributed by atoms with E-state index in [2.05, 4.69) is 17.2 Å². The zero-order valence-electron chi connectivity index (χ0n) is 27.6. The van der Waals surface area contributed by atoms with Crippen molar-refractivity contribution in [2.24, 2.45) is 5.73 Å². The molecular weight excluding hydrogens is 592 g/mol. The molecule has 12 heteroatoms. The highest BCUT2D eigenvalue weighted by Gasteiger charge is 2.39. The molecule has 0 fully saturated rings. The largest absolute Gasteiger partial charge is 0.507 e. The van der Waals surface area contributed by atoms with Gasteiger partial charge < -0.3 is 35.8 Å².